The molecule has 0 saturated heterocycles. The Balaban J connectivity index is 4.47. The molecule has 79 heavy (non-hydrogen) atoms. The molecule has 0 heterocycles. The quantitative estimate of drug-likeness (QED) is 0.0261. The van der Waals surface area contributed by atoms with E-state index < -0.39 is 6.10 Å². The minimum absolute atomic E-state index is 0.104. The van der Waals surface area contributed by atoms with Crippen molar-refractivity contribution in [1.29, 1.82) is 0 Å². The molecule has 0 radical (unpaired) electrons. The van der Waals surface area contributed by atoms with E-state index in [-0.39, 0.29) is 37.5 Å². The molecule has 6 heteroatoms. The number of allylic oxidation sites excluding steroid dienone is 20. The van der Waals surface area contributed by atoms with Gasteiger partial charge in [-0.05, 0) is 128 Å². The zero-order valence-electron chi connectivity index (χ0n) is 51.6. The molecule has 0 aliphatic carbocycles. The summed E-state index contributed by atoms with van der Waals surface area (Å²) in [6, 6.07) is 0. The van der Waals surface area contributed by atoms with Gasteiger partial charge < -0.3 is 14.2 Å². The zero-order chi connectivity index (χ0) is 57.1. The van der Waals surface area contributed by atoms with E-state index in [2.05, 4.69) is 142 Å². The average Bonchev–Trinajstić information content (AvgIpc) is 3.45. The number of hydrogen-bond donors (Lipinski definition) is 0. The van der Waals surface area contributed by atoms with Crippen LogP contribution in [0, 0.1) is 0 Å². The lowest BCUT2D eigenvalue weighted by atomic mass is 10.0. The summed E-state index contributed by atoms with van der Waals surface area (Å²) < 4.78 is 16.9. The summed E-state index contributed by atoms with van der Waals surface area (Å²) in [5.41, 5.74) is 0. The summed E-state index contributed by atoms with van der Waals surface area (Å²) in [5.74, 6) is -0.974. The first kappa shape index (κ1) is 74.8. The molecule has 1 atom stereocenters. The smallest absolute Gasteiger partial charge is 0.306 e. The number of hydrogen-bond acceptors (Lipinski definition) is 6. The highest BCUT2D eigenvalue weighted by Crippen LogP contribution is 2.15. The summed E-state index contributed by atoms with van der Waals surface area (Å²) in [4.78, 5) is 38.4. The Bertz CT molecular complexity index is 1640. The monoisotopic (exact) mass is 1090 g/mol. The van der Waals surface area contributed by atoms with Crippen LogP contribution in [0.1, 0.15) is 303 Å². The second-order valence-corrected chi connectivity index (χ2v) is 21.6. The van der Waals surface area contributed by atoms with E-state index in [4.69, 9.17) is 14.2 Å². The summed E-state index contributed by atoms with van der Waals surface area (Å²) >= 11 is 0. The highest BCUT2D eigenvalue weighted by molar-refractivity contribution is 5.71. The Kier molecular flexibility index (Phi) is 62.8. The highest BCUT2D eigenvalue weighted by atomic mass is 16.6. The van der Waals surface area contributed by atoms with Crippen LogP contribution in [0.3, 0.4) is 0 Å². The number of ether oxygens (including phenoxy) is 3. The second kappa shape index (κ2) is 66.3. The molecular formula is C73H122O6. The predicted molar refractivity (Wildman–Crippen MR) is 343 cm³/mol. The second-order valence-electron chi connectivity index (χ2n) is 21.6. The Labute approximate surface area is 488 Å². The third-order valence-electron chi connectivity index (χ3n) is 13.9. The molecule has 0 N–H and O–H groups in total. The van der Waals surface area contributed by atoms with Gasteiger partial charge in [-0.2, -0.15) is 0 Å². The van der Waals surface area contributed by atoms with Gasteiger partial charge in [-0.3, -0.25) is 14.4 Å². The SMILES string of the molecule is CC/C=C\C/C=C\C/C=C\C/C=C\C/C=C\CCCC(=O)OCC(COC(=O)CCCCCCCCCCCCC/C=C\C/C=C\CCCCCCC)OC(=O)CCCCCCCC/C=C\C/C=C\C/C=C\CCCCCCC. The van der Waals surface area contributed by atoms with Gasteiger partial charge in [-0.15, -0.1) is 0 Å². The van der Waals surface area contributed by atoms with E-state index >= 15 is 0 Å². The summed E-state index contributed by atoms with van der Waals surface area (Å²) in [6.45, 7) is 6.46. The fraction of sp³-hybridized carbons (Fsp3) is 0.685. The lowest BCUT2D eigenvalue weighted by Gasteiger charge is -2.18. The van der Waals surface area contributed by atoms with Crippen molar-refractivity contribution in [3.05, 3.63) is 122 Å². The van der Waals surface area contributed by atoms with Gasteiger partial charge in [0.15, 0.2) is 6.10 Å². The van der Waals surface area contributed by atoms with Crippen LogP contribution in [0.25, 0.3) is 0 Å². The molecule has 450 valence electrons. The Hall–Kier alpha value is -4.19. The van der Waals surface area contributed by atoms with Gasteiger partial charge in [0.1, 0.15) is 13.2 Å². The Morgan fingerprint density at radius 2 is 0.506 bits per heavy atom. The van der Waals surface area contributed by atoms with Crippen LogP contribution in [0.2, 0.25) is 0 Å². The molecule has 6 nitrogen and oxygen atoms in total. The van der Waals surface area contributed by atoms with E-state index in [0.29, 0.717) is 19.3 Å². The van der Waals surface area contributed by atoms with Gasteiger partial charge in [0, 0.05) is 19.3 Å². The minimum atomic E-state index is -0.814. The average molecular weight is 1100 g/mol. The van der Waals surface area contributed by atoms with Crippen molar-refractivity contribution < 1.29 is 28.6 Å². The molecule has 0 amide bonds. The first-order valence-electron chi connectivity index (χ1n) is 33.0. The van der Waals surface area contributed by atoms with Crippen LogP contribution in [0.4, 0.5) is 0 Å². The third-order valence-corrected chi connectivity index (χ3v) is 13.9. The van der Waals surface area contributed by atoms with Crippen LogP contribution in [-0.4, -0.2) is 37.2 Å². The molecular weight excluding hydrogens is 973 g/mol. The van der Waals surface area contributed by atoms with E-state index in [1.807, 2.05) is 0 Å². The van der Waals surface area contributed by atoms with Crippen LogP contribution in [0.15, 0.2) is 122 Å². The first-order valence-corrected chi connectivity index (χ1v) is 33.0. The Morgan fingerprint density at radius 3 is 0.823 bits per heavy atom. The minimum Gasteiger partial charge on any atom is -0.462 e. The molecule has 0 aliphatic rings. The van der Waals surface area contributed by atoms with Gasteiger partial charge in [-0.1, -0.05) is 277 Å². The van der Waals surface area contributed by atoms with Gasteiger partial charge in [0.05, 0.1) is 0 Å². The van der Waals surface area contributed by atoms with Gasteiger partial charge >= 0.3 is 17.9 Å². The number of carbonyl (C=O) groups is 3. The van der Waals surface area contributed by atoms with Crippen LogP contribution in [-0.2, 0) is 28.6 Å². The summed E-state index contributed by atoms with van der Waals surface area (Å²) in [5, 5.41) is 0. The Morgan fingerprint density at radius 1 is 0.266 bits per heavy atom. The van der Waals surface area contributed by atoms with E-state index in [0.717, 1.165) is 109 Å². The normalized spacial score (nSPS) is 12.9. The molecule has 0 aromatic heterocycles. The number of unbranched alkanes of at least 4 members (excludes halogenated alkanes) is 28. The fourth-order valence-electron chi connectivity index (χ4n) is 8.99. The molecule has 0 fully saturated rings. The number of rotatable bonds is 59. The molecule has 0 aliphatic heterocycles. The van der Waals surface area contributed by atoms with Gasteiger partial charge in [0.25, 0.3) is 0 Å². The maximum atomic E-state index is 12.9. The molecule has 0 aromatic rings. The van der Waals surface area contributed by atoms with E-state index in [9.17, 15) is 14.4 Å². The highest BCUT2D eigenvalue weighted by Gasteiger charge is 2.19. The standard InChI is InChI=1S/C73H122O6/c1-4-7-10-13-16-19-22-25-28-31-33-35-36-38-39-42-45-48-51-54-57-60-63-66-72(75)78-69-70(68-77-71(74)65-62-59-56-53-50-47-44-41-30-27-24-21-18-15-12-9-6-3)79-73(76)67-64-61-58-55-52-49-46-43-40-37-34-32-29-26-23-20-17-14-11-8-5-2/h9,12,18,21-23,25-27,30-34,40,43-44,47,53,56,70H,4-8,10-11,13-17,19-20,24,28-29,35-39,41-42,45-46,48-52,54-55,57-69H2,1-3H3/b12-9-,21-18-,25-22-,26-23-,30-27-,33-31-,34-32-,43-40-,47-44-,56-53-. The third kappa shape index (κ3) is 64.5. The van der Waals surface area contributed by atoms with Gasteiger partial charge in [-0.25, -0.2) is 0 Å². The van der Waals surface area contributed by atoms with Crippen molar-refractivity contribution in [1.82, 2.24) is 0 Å². The molecule has 0 saturated carbocycles. The number of carbonyl (C=O) groups excluding carboxylic acids is 3. The van der Waals surface area contributed by atoms with Crippen molar-refractivity contribution >= 4 is 17.9 Å². The zero-order valence-corrected chi connectivity index (χ0v) is 51.6. The summed E-state index contributed by atoms with van der Waals surface area (Å²) in [7, 11) is 0. The number of esters is 3. The van der Waals surface area contributed by atoms with E-state index in [1.165, 1.54) is 148 Å². The van der Waals surface area contributed by atoms with Crippen molar-refractivity contribution in [3.63, 3.8) is 0 Å². The van der Waals surface area contributed by atoms with Crippen molar-refractivity contribution in [3.8, 4) is 0 Å². The topological polar surface area (TPSA) is 78.9 Å². The van der Waals surface area contributed by atoms with Crippen molar-refractivity contribution in [2.24, 2.45) is 0 Å². The summed E-state index contributed by atoms with van der Waals surface area (Å²) in [6.07, 6.45) is 92.1. The maximum absolute atomic E-state index is 12.9. The molecule has 0 spiro atoms. The van der Waals surface area contributed by atoms with Gasteiger partial charge in [0.2, 0.25) is 0 Å². The lowest BCUT2D eigenvalue weighted by Crippen LogP contribution is -2.30. The largest absolute Gasteiger partial charge is 0.462 e. The molecule has 0 rings (SSSR count). The lowest BCUT2D eigenvalue weighted by molar-refractivity contribution is -0.167. The van der Waals surface area contributed by atoms with Crippen LogP contribution in [0.5, 0.6) is 0 Å². The molecule has 1 unspecified atom stereocenters. The van der Waals surface area contributed by atoms with Crippen molar-refractivity contribution in [2.75, 3.05) is 13.2 Å². The van der Waals surface area contributed by atoms with Crippen LogP contribution < -0.4 is 0 Å². The molecule has 0 aromatic carbocycles. The van der Waals surface area contributed by atoms with Crippen LogP contribution >= 0.6 is 0 Å². The van der Waals surface area contributed by atoms with Crippen molar-refractivity contribution in [2.45, 2.75) is 309 Å². The predicted octanol–water partition coefficient (Wildman–Crippen LogP) is 22.8. The fourth-order valence-corrected chi connectivity index (χ4v) is 8.99. The first-order chi connectivity index (χ1) is 39.0. The maximum Gasteiger partial charge on any atom is 0.306 e. The van der Waals surface area contributed by atoms with E-state index in [1.54, 1.807) is 0 Å². The molecule has 0 bridgehead atoms.